The number of nitrogens with zero attached hydrogens (tertiary/aromatic N) is 2. The van der Waals surface area contributed by atoms with Gasteiger partial charge in [0.25, 0.3) is 5.91 Å². The largest absolute Gasteiger partial charge is 0.479 e. The van der Waals surface area contributed by atoms with Crippen molar-refractivity contribution in [3.05, 3.63) is 33.3 Å². The average molecular weight is 376 g/mol. The second-order valence-electron chi connectivity index (χ2n) is 4.46. The molecule has 1 N–H and O–H groups in total. The van der Waals surface area contributed by atoms with Gasteiger partial charge in [-0.3, -0.25) is 10.1 Å². The monoisotopic (exact) mass is 375 g/mol. The van der Waals surface area contributed by atoms with Crippen molar-refractivity contribution in [2.75, 3.05) is 11.9 Å². The smallest absolute Gasteiger partial charge is 0.266 e. The molecule has 0 saturated heterocycles. The molecular weight excluding hydrogens is 361 g/mol. The topological polar surface area (TPSA) is 73.3 Å². The van der Waals surface area contributed by atoms with E-state index in [0.29, 0.717) is 39.1 Å². The summed E-state index contributed by atoms with van der Waals surface area (Å²) in [4.78, 5) is 12.1. The first kappa shape index (κ1) is 17.9. The van der Waals surface area contributed by atoms with Gasteiger partial charge in [-0.2, -0.15) is 0 Å². The summed E-state index contributed by atoms with van der Waals surface area (Å²) in [6.07, 6.45) is -0.757. The third-order valence-corrected chi connectivity index (χ3v) is 4.04. The lowest BCUT2D eigenvalue weighted by atomic mass is 10.3. The number of benzene rings is 1. The highest BCUT2D eigenvalue weighted by atomic mass is 35.5. The number of aromatic nitrogens is 2. The number of hydrogen-bond acceptors (Lipinski definition) is 6. The van der Waals surface area contributed by atoms with Gasteiger partial charge in [-0.1, -0.05) is 34.5 Å². The molecule has 0 unspecified atom stereocenters. The van der Waals surface area contributed by atoms with Gasteiger partial charge in [0.05, 0.1) is 5.02 Å². The van der Waals surface area contributed by atoms with Crippen molar-refractivity contribution in [2.24, 2.45) is 0 Å². The molecule has 0 fully saturated rings. The van der Waals surface area contributed by atoms with Gasteiger partial charge in [0.15, 0.2) is 6.10 Å². The van der Waals surface area contributed by atoms with Crippen LogP contribution in [0.5, 0.6) is 5.75 Å². The fourth-order valence-corrected chi connectivity index (χ4v) is 2.71. The zero-order valence-corrected chi connectivity index (χ0v) is 14.8. The average Bonchev–Trinajstić information content (AvgIpc) is 2.95. The van der Waals surface area contributed by atoms with E-state index in [1.54, 1.807) is 25.1 Å². The molecule has 1 atom stereocenters. The van der Waals surface area contributed by atoms with E-state index >= 15 is 0 Å². The molecule has 124 valence electrons. The van der Waals surface area contributed by atoms with E-state index in [1.165, 1.54) is 11.3 Å². The van der Waals surface area contributed by atoms with Crippen LogP contribution < -0.4 is 10.1 Å². The number of carbonyl (C=O) groups is 1. The quantitative estimate of drug-likeness (QED) is 0.796. The van der Waals surface area contributed by atoms with Gasteiger partial charge >= 0.3 is 0 Å². The number of rotatable bonds is 7. The van der Waals surface area contributed by atoms with Gasteiger partial charge in [0.2, 0.25) is 5.13 Å². The molecule has 1 aromatic carbocycles. The predicted octanol–water partition coefficient (Wildman–Crippen LogP) is 3.79. The molecule has 1 heterocycles. The third-order valence-electron chi connectivity index (χ3n) is 2.69. The van der Waals surface area contributed by atoms with Crippen molar-refractivity contribution in [3.8, 4) is 5.75 Å². The molecule has 0 aliphatic carbocycles. The van der Waals surface area contributed by atoms with Crippen LogP contribution in [0, 0.1) is 0 Å². The highest BCUT2D eigenvalue weighted by Gasteiger charge is 2.18. The van der Waals surface area contributed by atoms with E-state index in [2.05, 4.69) is 15.5 Å². The van der Waals surface area contributed by atoms with Crippen LogP contribution >= 0.6 is 34.5 Å². The minimum Gasteiger partial charge on any atom is -0.479 e. The molecular formula is C14H15Cl2N3O3S. The Morgan fingerprint density at radius 1 is 1.39 bits per heavy atom. The van der Waals surface area contributed by atoms with Crippen LogP contribution in [0.1, 0.15) is 18.9 Å². The molecule has 1 amide bonds. The Labute approximate surface area is 147 Å². The molecule has 2 aromatic rings. The van der Waals surface area contributed by atoms with Crippen LogP contribution in [0.4, 0.5) is 5.13 Å². The standard InChI is InChI=1S/C14H15Cl2N3O3S/c1-3-21-7-12-18-19-14(23-12)17-13(20)8(2)22-11-5-4-9(15)6-10(11)16/h4-6,8H,3,7H2,1-2H3,(H,17,19,20)/t8-/m0/s1. The Bertz CT molecular complexity index is 681. The molecule has 2 rings (SSSR count). The first-order valence-corrected chi connectivity index (χ1v) is 8.39. The summed E-state index contributed by atoms with van der Waals surface area (Å²) in [6, 6.07) is 4.80. The van der Waals surface area contributed by atoms with Crippen molar-refractivity contribution >= 4 is 45.6 Å². The lowest BCUT2D eigenvalue weighted by Gasteiger charge is -2.14. The summed E-state index contributed by atoms with van der Waals surface area (Å²) in [5.74, 6) is 0.0307. The molecule has 0 radical (unpaired) electrons. The molecule has 0 spiro atoms. The van der Waals surface area contributed by atoms with Gasteiger partial charge < -0.3 is 9.47 Å². The number of ether oxygens (including phenoxy) is 2. The van der Waals surface area contributed by atoms with Crippen molar-refractivity contribution in [3.63, 3.8) is 0 Å². The normalized spacial score (nSPS) is 12.0. The van der Waals surface area contributed by atoms with E-state index < -0.39 is 6.10 Å². The van der Waals surface area contributed by atoms with Crippen LogP contribution in [-0.2, 0) is 16.1 Å². The van der Waals surface area contributed by atoms with Gasteiger partial charge in [0, 0.05) is 11.6 Å². The van der Waals surface area contributed by atoms with E-state index in [0.717, 1.165) is 0 Å². The Morgan fingerprint density at radius 3 is 2.87 bits per heavy atom. The highest BCUT2D eigenvalue weighted by Crippen LogP contribution is 2.28. The lowest BCUT2D eigenvalue weighted by Crippen LogP contribution is -2.30. The Kier molecular flexibility index (Phi) is 6.59. The van der Waals surface area contributed by atoms with Crippen LogP contribution in [0.15, 0.2) is 18.2 Å². The number of nitrogens with one attached hydrogen (secondary N) is 1. The third kappa shape index (κ3) is 5.31. The molecule has 0 aliphatic heterocycles. The van der Waals surface area contributed by atoms with Gasteiger partial charge in [-0.15, -0.1) is 10.2 Å². The summed E-state index contributed by atoms with van der Waals surface area (Å²) in [5, 5.41) is 12.4. The van der Waals surface area contributed by atoms with Gasteiger partial charge in [0.1, 0.15) is 17.4 Å². The van der Waals surface area contributed by atoms with E-state index in [9.17, 15) is 4.79 Å². The summed E-state index contributed by atoms with van der Waals surface area (Å²) >= 11 is 13.1. The first-order chi connectivity index (χ1) is 11.0. The van der Waals surface area contributed by atoms with Crippen LogP contribution in [-0.4, -0.2) is 28.8 Å². The van der Waals surface area contributed by atoms with Gasteiger partial charge in [-0.25, -0.2) is 0 Å². The Morgan fingerprint density at radius 2 is 2.17 bits per heavy atom. The number of carbonyl (C=O) groups excluding carboxylic acids is 1. The summed E-state index contributed by atoms with van der Waals surface area (Å²) in [5.41, 5.74) is 0. The van der Waals surface area contributed by atoms with E-state index in [4.69, 9.17) is 32.7 Å². The van der Waals surface area contributed by atoms with E-state index in [1.807, 2.05) is 6.92 Å². The molecule has 0 saturated carbocycles. The summed E-state index contributed by atoms with van der Waals surface area (Å²) < 4.78 is 10.8. The zero-order valence-electron chi connectivity index (χ0n) is 12.5. The zero-order chi connectivity index (χ0) is 16.8. The first-order valence-electron chi connectivity index (χ1n) is 6.82. The minimum absolute atomic E-state index is 0.340. The fraction of sp³-hybridized carbons (Fsp3) is 0.357. The summed E-state index contributed by atoms with van der Waals surface area (Å²) in [7, 11) is 0. The van der Waals surface area contributed by atoms with E-state index in [-0.39, 0.29) is 5.91 Å². The Hall–Kier alpha value is -1.41. The summed E-state index contributed by atoms with van der Waals surface area (Å²) in [6.45, 7) is 4.47. The van der Waals surface area contributed by atoms with Crippen LogP contribution in [0.3, 0.4) is 0 Å². The van der Waals surface area contributed by atoms with Crippen molar-refractivity contribution in [1.29, 1.82) is 0 Å². The molecule has 9 heteroatoms. The number of halogens is 2. The van der Waals surface area contributed by atoms with Crippen molar-refractivity contribution in [2.45, 2.75) is 26.6 Å². The predicted molar refractivity (Wildman–Crippen MR) is 90.4 cm³/mol. The molecule has 0 bridgehead atoms. The van der Waals surface area contributed by atoms with Crippen LogP contribution in [0.2, 0.25) is 10.0 Å². The SMILES string of the molecule is CCOCc1nnc(NC(=O)[C@H](C)Oc2ccc(Cl)cc2Cl)s1. The lowest BCUT2D eigenvalue weighted by molar-refractivity contribution is -0.122. The number of hydrogen-bond donors (Lipinski definition) is 1. The second-order valence-corrected chi connectivity index (χ2v) is 6.37. The fourth-order valence-electron chi connectivity index (χ4n) is 1.57. The minimum atomic E-state index is -0.757. The second kappa shape index (κ2) is 8.44. The van der Waals surface area contributed by atoms with Crippen molar-refractivity contribution in [1.82, 2.24) is 10.2 Å². The van der Waals surface area contributed by atoms with Crippen LogP contribution in [0.25, 0.3) is 0 Å². The molecule has 23 heavy (non-hydrogen) atoms. The Balaban J connectivity index is 1.93. The maximum atomic E-state index is 12.1. The molecule has 1 aromatic heterocycles. The molecule has 6 nitrogen and oxygen atoms in total. The molecule has 0 aliphatic rings. The highest BCUT2D eigenvalue weighted by molar-refractivity contribution is 7.15. The maximum Gasteiger partial charge on any atom is 0.266 e. The number of anilines is 1. The van der Waals surface area contributed by atoms with Crippen molar-refractivity contribution < 1.29 is 14.3 Å². The maximum absolute atomic E-state index is 12.1. The number of amides is 1. The van der Waals surface area contributed by atoms with Gasteiger partial charge in [-0.05, 0) is 32.0 Å².